The van der Waals surface area contributed by atoms with Gasteiger partial charge in [-0.3, -0.25) is 0 Å². The Morgan fingerprint density at radius 2 is 2.05 bits per heavy atom. The lowest BCUT2D eigenvalue weighted by atomic mass is 10.0. The van der Waals surface area contributed by atoms with Crippen LogP contribution in [0.25, 0.3) is 0 Å². The number of rotatable bonds is 4. The molecule has 0 saturated heterocycles. The van der Waals surface area contributed by atoms with E-state index in [-0.39, 0.29) is 11.7 Å². The van der Waals surface area contributed by atoms with Gasteiger partial charge in [0.2, 0.25) is 0 Å². The van der Waals surface area contributed by atoms with E-state index in [1.54, 1.807) is 6.07 Å². The van der Waals surface area contributed by atoms with Crippen LogP contribution in [0.3, 0.4) is 0 Å². The zero-order valence-electron chi connectivity index (χ0n) is 10.8. The number of halogens is 1. The second-order valence-corrected chi connectivity index (χ2v) is 6.19. The highest BCUT2D eigenvalue weighted by molar-refractivity contribution is 7.99. The molecule has 0 unspecified atom stereocenters. The number of hydrogen-bond donors (Lipinski definition) is 2. The second-order valence-electron chi connectivity index (χ2n) is 4.90. The second kappa shape index (κ2) is 6.80. The summed E-state index contributed by atoms with van der Waals surface area (Å²) < 4.78 is 13.5. The van der Waals surface area contributed by atoms with Crippen molar-refractivity contribution < 1.29 is 9.60 Å². The van der Waals surface area contributed by atoms with Gasteiger partial charge in [0.25, 0.3) is 0 Å². The Hall–Kier alpha value is -1.23. The van der Waals surface area contributed by atoms with Crippen molar-refractivity contribution in [1.82, 2.24) is 0 Å². The molecule has 0 atom stereocenters. The van der Waals surface area contributed by atoms with Crippen LogP contribution >= 0.6 is 11.8 Å². The highest BCUT2D eigenvalue weighted by atomic mass is 32.2. The maximum atomic E-state index is 13.5. The molecule has 0 radical (unpaired) electrons. The maximum absolute atomic E-state index is 13.5. The minimum absolute atomic E-state index is 0.0524. The molecule has 1 aliphatic rings. The van der Waals surface area contributed by atoms with Crippen molar-refractivity contribution >= 4 is 17.6 Å². The molecular formula is C14H19FN2OS. The van der Waals surface area contributed by atoms with E-state index in [2.05, 4.69) is 5.16 Å². The molecule has 0 bridgehead atoms. The van der Waals surface area contributed by atoms with E-state index in [0.717, 1.165) is 11.3 Å². The molecule has 2 rings (SSSR count). The minimum atomic E-state index is -0.344. The molecule has 3 N–H and O–H groups in total. The smallest absolute Gasteiger partial charge is 0.170 e. The highest BCUT2D eigenvalue weighted by Gasteiger charge is 2.14. The van der Waals surface area contributed by atoms with Gasteiger partial charge in [-0.15, -0.1) is 0 Å². The van der Waals surface area contributed by atoms with Crippen molar-refractivity contribution in [2.24, 2.45) is 10.9 Å². The summed E-state index contributed by atoms with van der Waals surface area (Å²) in [7, 11) is 0. The van der Waals surface area contributed by atoms with Gasteiger partial charge >= 0.3 is 0 Å². The molecule has 104 valence electrons. The SMILES string of the molecule is N/C(=N/O)c1cc(F)cc(CSC2CCCCC2)c1. The van der Waals surface area contributed by atoms with Crippen LogP contribution in [0.1, 0.15) is 43.2 Å². The van der Waals surface area contributed by atoms with Crippen molar-refractivity contribution in [2.45, 2.75) is 43.1 Å². The molecular weight excluding hydrogens is 263 g/mol. The highest BCUT2D eigenvalue weighted by Crippen LogP contribution is 2.30. The molecule has 0 amide bonds. The summed E-state index contributed by atoms with van der Waals surface area (Å²) in [4.78, 5) is 0. The Morgan fingerprint density at radius 1 is 1.32 bits per heavy atom. The number of oxime groups is 1. The van der Waals surface area contributed by atoms with E-state index < -0.39 is 0 Å². The molecule has 1 aromatic rings. The third-order valence-corrected chi connectivity index (χ3v) is 4.84. The number of nitrogens with zero attached hydrogens (tertiary/aromatic N) is 1. The molecule has 3 nitrogen and oxygen atoms in total. The fraction of sp³-hybridized carbons (Fsp3) is 0.500. The molecule has 1 aliphatic carbocycles. The monoisotopic (exact) mass is 282 g/mol. The van der Waals surface area contributed by atoms with Crippen LogP contribution in [-0.2, 0) is 5.75 Å². The average Bonchev–Trinajstić information content (AvgIpc) is 2.45. The lowest BCUT2D eigenvalue weighted by Gasteiger charge is -2.21. The van der Waals surface area contributed by atoms with Crippen molar-refractivity contribution in [1.29, 1.82) is 0 Å². The van der Waals surface area contributed by atoms with Crippen molar-refractivity contribution in [2.75, 3.05) is 0 Å². The zero-order valence-corrected chi connectivity index (χ0v) is 11.6. The van der Waals surface area contributed by atoms with E-state index in [9.17, 15) is 4.39 Å². The standard InChI is InChI=1S/C14H19FN2OS/c15-12-7-10(6-11(8-12)14(16)17-18)9-19-13-4-2-1-3-5-13/h6-8,13,18H,1-5,9H2,(H2,16,17). The van der Waals surface area contributed by atoms with Crippen LogP contribution in [0.5, 0.6) is 0 Å². The van der Waals surface area contributed by atoms with Crippen molar-refractivity contribution in [3.63, 3.8) is 0 Å². The number of hydrogen-bond acceptors (Lipinski definition) is 3. The van der Waals surface area contributed by atoms with Gasteiger partial charge in [-0.25, -0.2) is 4.39 Å². The number of benzene rings is 1. The summed E-state index contributed by atoms with van der Waals surface area (Å²) >= 11 is 1.88. The predicted octanol–water partition coefficient (Wildman–Crippen LogP) is 3.49. The van der Waals surface area contributed by atoms with Crippen LogP contribution in [0.15, 0.2) is 23.4 Å². The third kappa shape index (κ3) is 4.13. The van der Waals surface area contributed by atoms with Gasteiger partial charge in [-0.2, -0.15) is 11.8 Å². The van der Waals surface area contributed by atoms with Crippen LogP contribution < -0.4 is 5.73 Å². The van der Waals surface area contributed by atoms with E-state index >= 15 is 0 Å². The predicted molar refractivity (Wildman–Crippen MR) is 77.1 cm³/mol. The first kappa shape index (κ1) is 14.2. The Kier molecular flexibility index (Phi) is 5.07. The van der Waals surface area contributed by atoms with Crippen molar-refractivity contribution in [3.8, 4) is 0 Å². The normalized spacial score (nSPS) is 17.6. The van der Waals surface area contributed by atoms with Crippen LogP contribution in [0.2, 0.25) is 0 Å². The molecule has 5 heteroatoms. The Bertz CT molecular complexity index is 459. The molecule has 0 spiro atoms. The summed E-state index contributed by atoms with van der Waals surface area (Å²) in [5.41, 5.74) is 6.82. The molecule has 0 heterocycles. The van der Waals surface area contributed by atoms with Gasteiger partial charge < -0.3 is 10.9 Å². The average molecular weight is 282 g/mol. The van der Waals surface area contributed by atoms with E-state index in [0.29, 0.717) is 10.8 Å². The van der Waals surface area contributed by atoms with Crippen LogP contribution in [0.4, 0.5) is 4.39 Å². The zero-order chi connectivity index (χ0) is 13.7. The van der Waals surface area contributed by atoms with Gasteiger partial charge in [0.1, 0.15) is 5.82 Å². The van der Waals surface area contributed by atoms with Gasteiger partial charge in [0, 0.05) is 16.6 Å². The van der Waals surface area contributed by atoms with Crippen LogP contribution in [-0.4, -0.2) is 16.3 Å². The Balaban J connectivity index is 2.01. The summed E-state index contributed by atoms with van der Waals surface area (Å²) in [5, 5.41) is 12.2. The number of nitrogens with two attached hydrogens (primary N) is 1. The van der Waals surface area contributed by atoms with E-state index in [1.807, 2.05) is 11.8 Å². The molecule has 19 heavy (non-hydrogen) atoms. The lowest BCUT2D eigenvalue weighted by Crippen LogP contribution is -2.14. The Morgan fingerprint density at radius 3 is 2.74 bits per heavy atom. The molecule has 0 aromatic heterocycles. The van der Waals surface area contributed by atoms with Gasteiger partial charge in [-0.1, -0.05) is 24.4 Å². The summed E-state index contributed by atoms with van der Waals surface area (Å²) in [6, 6.07) is 4.59. The van der Waals surface area contributed by atoms with Gasteiger partial charge in [-0.05, 0) is 36.6 Å². The first-order valence-electron chi connectivity index (χ1n) is 6.58. The minimum Gasteiger partial charge on any atom is -0.409 e. The lowest BCUT2D eigenvalue weighted by molar-refractivity contribution is 0.318. The summed E-state index contributed by atoms with van der Waals surface area (Å²) in [6.07, 6.45) is 6.46. The largest absolute Gasteiger partial charge is 0.409 e. The van der Waals surface area contributed by atoms with Gasteiger partial charge in [0.15, 0.2) is 5.84 Å². The molecule has 1 aromatic carbocycles. The summed E-state index contributed by atoms with van der Waals surface area (Å²) in [5.74, 6) is 0.375. The topological polar surface area (TPSA) is 58.6 Å². The van der Waals surface area contributed by atoms with Crippen LogP contribution in [0, 0.1) is 5.82 Å². The fourth-order valence-corrected chi connectivity index (χ4v) is 3.65. The number of thioether (sulfide) groups is 1. The van der Waals surface area contributed by atoms with Gasteiger partial charge in [0.05, 0.1) is 0 Å². The fourth-order valence-electron chi connectivity index (χ4n) is 2.39. The third-order valence-electron chi connectivity index (χ3n) is 3.40. The quantitative estimate of drug-likeness (QED) is 0.385. The maximum Gasteiger partial charge on any atom is 0.170 e. The molecule has 0 aliphatic heterocycles. The van der Waals surface area contributed by atoms with E-state index in [1.165, 1.54) is 44.2 Å². The first-order valence-corrected chi connectivity index (χ1v) is 7.63. The molecule has 1 fully saturated rings. The summed E-state index contributed by atoms with van der Waals surface area (Å²) in [6.45, 7) is 0. The van der Waals surface area contributed by atoms with E-state index in [4.69, 9.17) is 10.9 Å². The number of amidine groups is 1. The first-order chi connectivity index (χ1) is 9.19. The van der Waals surface area contributed by atoms with Crippen molar-refractivity contribution in [3.05, 3.63) is 35.1 Å². The Labute approximate surface area is 117 Å². The molecule has 1 saturated carbocycles.